The van der Waals surface area contributed by atoms with Gasteiger partial charge in [0.05, 0.1) is 17.2 Å². The second-order valence-corrected chi connectivity index (χ2v) is 6.91. The van der Waals surface area contributed by atoms with Crippen LogP contribution in [-0.4, -0.2) is 10.8 Å². The summed E-state index contributed by atoms with van der Waals surface area (Å²) in [5, 5.41) is 11.1. The Labute approximate surface area is 164 Å². The molecular weight excluding hydrogens is 443 g/mol. The largest absolute Gasteiger partial charge is 0.304 e. The van der Waals surface area contributed by atoms with Gasteiger partial charge in [0, 0.05) is 21.3 Å². The van der Waals surface area contributed by atoms with Crippen LogP contribution in [0.15, 0.2) is 78.9 Å². The van der Waals surface area contributed by atoms with Crippen LogP contribution in [-0.2, 0) is 6.54 Å². The van der Waals surface area contributed by atoms with Crippen molar-refractivity contribution in [2.75, 3.05) is 4.90 Å². The van der Waals surface area contributed by atoms with Gasteiger partial charge in [0.15, 0.2) is 0 Å². The fourth-order valence-electron chi connectivity index (χ4n) is 2.57. The maximum absolute atomic E-state index is 13.1. The Hall–Kier alpha value is -2.74. The maximum atomic E-state index is 13.1. The Kier molecular flexibility index (Phi) is 5.62. The highest BCUT2D eigenvalue weighted by Crippen LogP contribution is 2.25. The first-order chi connectivity index (χ1) is 12.5. The minimum Gasteiger partial charge on any atom is -0.304 e. The van der Waals surface area contributed by atoms with E-state index in [1.54, 1.807) is 29.2 Å². The van der Waals surface area contributed by atoms with E-state index in [2.05, 4.69) is 22.6 Å². The summed E-state index contributed by atoms with van der Waals surface area (Å²) in [5.41, 5.74) is 1.92. The number of carbonyl (C=O) groups excluding carboxylic acids is 1. The third-order valence-corrected chi connectivity index (χ3v) is 4.59. The molecule has 3 aromatic rings. The van der Waals surface area contributed by atoms with Gasteiger partial charge in [-0.3, -0.25) is 14.9 Å². The molecule has 130 valence electrons. The van der Waals surface area contributed by atoms with Crippen molar-refractivity contribution in [3.8, 4) is 0 Å². The van der Waals surface area contributed by atoms with E-state index in [4.69, 9.17) is 0 Å². The number of hydrogen-bond acceptors (Lipinski definition) is 3. The number of nitro benzene ring substituents is 1. The first kappa shape index (κ1) is 18.1. The fraction of sp³-hybridized carbons (Fsp3) is 0.0500. The first-order valence-corrected chi connectivity index (χ1v) is 8.98. The molecule has 0 aliphatic heterocycles. The number of halogens is 1. The molecule has 0 aliphatic carbocycles. The molecule has 1 amide bonds. The summed E-state index contributed by atoms with van der Waals surface area (Å²) >= 11 is 2.18. The molecule has 0 saturated heterocycles. The van der Waals surface area contributed by atoms with E-state index in [0.717, 1.165) is 9.13 Å². The van der Waals surface area contributed by atoms with Gasteiger partial charge >= 0.3 is 0 Å². The minimum absolute atomic E-state index is 0.0454. The SMILES string of the molecule is O=C(c1ccc(I)cc1)N(Cc1ccccc1)c1cccc([N+](=O)[O-])c1. The van der Waals surface area contributed by atoms with Crippen LogP contribution in [0.5, 0.6) is 0 Å². The van der Waals surface area contributed by atoms with E-state index in [0.29, 0.717) is 17.8 Å². The number of carbonyl (C=O) groups is 1. The highest BCUT2D eigenvalue weighted by Gasteiger charge is 2.20. The lowest BCUT2D eigenvalue weighted by Crippen LogP contribution is -2.30. The Balaban J connectivity index is 2.01. The summed E-state index contributed by atoms with van der Waals surface area (Å²) in [5.74, 6) is -0.203. The van der Waals surface area contributed by atoms with Gasteiger partial charge < -0.3 is 4.90 Å². The number of rotatable bonds is 5. The molecule has 3 rings (SSSR count). The molecule has 0 aromatic heterocycles. The molecule has 0 bridgehead atoms. The molecule has 3 aromatic carbocycles. The molecule has 0 aliphatic rings. The van der Waals surface area contributed by atoms with Crippen molar-refractivity contribution in [2.45, 2.75) is 6.54 Å². The fourth-order valence-corrected chi connectivity index (χ4v) is 2.93. The van der Waals surface area contributed by atoms with Gasteiger partial charge in [-0.25, -0.2) is 0 Å². The molecule has 0 saturated carbocycles. The summed E-state index contributed by atoms with van der Waals surface area (Å²) < 4.78 is 1.03. The highest BCUT2D eigenvalue weighted by molar-refractivity contribution is 14.1. The van der Waals surface area contributed by atoms with Gasteiger partial charge in [0.2, 0.25) is 0 Å². The summed E-state index contributed by atoms with van der Waals surface area (Å²) in [6.45, 7) is 0.326. The van der Waals surface area contributed by atoms with Crippen molar-refractivity contribution in [1.82, 2.24) is 0 Å². The van der Waals surface area contributed by atoms with Gasteiger partial charge in [-0.05, 0) is 58.5 Å². The van der Waals surface area contributed by atoms with Gasteiger partial charge in [0.25, 0.3) is 11.6 Å². The Bertz CT molecular complexity index is 927. The standard InChI is InChI=1S/C20H15IN2O3/c21-17-11-9-16(10-12-17)20(24)22(14-15-5-2-1-3-6-15)18-7-4-8-19(13-18)23(25)26/h1-13H,14H2. The minimum atomic E-state index is -0.459. The highest BCUT2D eigenvalue weighted by atomic mass is 127. The lowest BCUT2D eigenvalue weighted by Gasteiger charge is -2.23. The van der Waals surface area contributed by atoms with Crippen molar-refractivity contribution in [2.24, 2.45) is 0 Å². The van der Waals surface area contributed by atoms with E-state index < -0.39 is 4.92 Å². The molecule has 0 atom stereocenters. The van der Waals surface area contributed by atoms with Crippen LogP contribution in [0.4, 0.5) is 11.4 Å². The van der Waals surface area contributed by atoms with Gasteiger partial charge in [-0.15, -0.1) is 0 Å². The summed E-state index contributed by atoms with van der Waals surface area (Å²) in [7, 11) is 0. The van der Waals surface area contributed by atoms with Crippen LogP contribution >= 0.6 is 22.6 Å². The molecule has 0 spiro atoms. The summed E-state index contributed by atoms with van der Waals surface area (Å²) in [4.78, 5) is 25.3. The lowest BCUT2D eigenvalue weighted by atomic mass is 10.1. The summed E-state index contributed by atoms with van der Waals surface area (Å²) in [6.07, 6.45) is 0. The number of nitro groups is 1. The average molecular weight is 458 g/mol. The second-order valence-electron chi connectivity index (χ2n) is 5.66. The Morgan fingerprint density at radius 3 is 2.31 bits per heavy atom. The van der Waals surface area contributed by atoms with E-state index in [1.807, 2.05) is 42.5 Å². The topological polar surface area (TPSA) is 63.5 Å². The molecular formula is C20H15IN2O3. The molecule has 0 heterocycles. The molecule has 26 heavy (non-hydrogen) atoms. The zero-order valence-corrected chi connectivity index (χ0v) is 15.9. The third-order valence-electron chi connectivity index (χ3n) is 3.87. The average Bonchev–Trinajstić information content (AvgIpc) is 2.67. The zero-order valence-electron chi connectivity index (χ0n) is 13.7. The van der Waals surface area contributed by atoms with Crippen LogP contribution in [0.1, 0.15) is 15.9 Å². The van der Waals surface area contributed by atoms with Crippen molar-refractivity contribution in [3.05, 3.63) is 104 Å². The molecule has 0 N–H and O–H groups in total. The smallest absolute Gasteiger partial charge is 0.271 e. The molecule has 6 heteroatoms. The van der Waals surface area contributed by atoms with Crippen molar-refractivity contribution >= 4 is 39.9 Å². The normalized spacial score (nSPS) is 10.3. The third kappa shape index (κ3) is 4.26. The Morgan fingerprint density at radius 1 is 0.962 bits per heavy atom. The van der Waals surface area contributed by atoms with E-state index in [1.165, 1.54) is 12.1 Å². The van der Waals surface area contributed by atoms with Gasteiger partial charge in [0.1, 0.15) is 0 Å². The number of hydrogen-bond donors (Lipinski definition) is 0. The van der Waals surface area contributed by atoms with Gasteiger partial charge in [-0.2, -0.15) is 0 Å². The van der Waals surface area contributed by atoms with Gasteiger partial charge in [-0.1, -0.05) is 36.4 Å². The zero-order chi connectivity index (χ0) is 18.5. The predicted octanol–water partition coefficient (Wildman–Crippen LogP) is 5.05. The monoisotopic (exact) mass is 458 g/mol. The number of anilines is 1. The second kappa shape index (κ2) is 8.09. The van der Waals surface area contributed by atoms with Crippen LogP contribution in [0, 0.1) is 13.7 Å². The van der Waals surface area contributed by atoms with Crippen LogP contribution < -0.4 is 4.90 Å². The Morgan fingerprint density at radius 2 is 1.65 bits per heavy atom. The van der Waals surface area contributed by atoms with Crippen molar-refractivity contribution in [3.63, 3.8) is 0 Å². The number of non-ortho nitro benzene ring substituents is 1. The molecule has 5 nitrogen and oxygen atoms in total. The van der Waals surface area contributed by atoms with Crippen molar-refractivity contribution < 1.29 is 9.72 Å². The predicted molar refractivity (Wildman–Crippen MR) is 109 cm³/mol. The quantitative estimate of drug-likeness (QED) is 0.306. The van der Waals surface area contributed by atoms with Crippen molar-refractivity contribution in [1.29, 1.82) is 0 Å². The van der Waals surface area contributed by atoms with E-state index >= 15 is 0 Å². The molecule has 0 radical (unpaired) electrons. The molecule has 0 fully saturated rings. The number of amides is 1. The lowest BCUT2D eigenvalue weighted by molar-refractivity contribution is -0.384. The summed E-state index contributed by atoms with van der Waals surface area (Å²) in [6, 6.07) is 22.9. The van der Waals surface area contributed by atoms with Crippen LogP contribution in [0.3, 0.4) is 0 Å². The molecule has 0 unspecified atom stereocenters. The number of benzene rings is 3. The number of nitrogens with zero attached hydrogens (tertiary/aromatic N) is 2. The first-order valence-electron chi connectivity index (χ1n) is 7.90. The maximum Gasteiger partial charge on any atom is 0.271 e. The van der Waals surface area contributed by atoms with Crippen LogP contribution in [0.2, 0.25) is 0 Å². The van der Waals surface area contributed by atoms with E-state index in [9.17, 15) is 14.9 Å². The van der Waals surface area contributed by atoms with E-state index in [-0.39, 0.29) is 11.6 Å². The van der Waals surface area contributed by atoms with Crippen LogP contribution in [0.25, 0.3) is 0 Å².